The maximum Gasteiger partial charge on any atom is 0.408 e. The number of rotatable bonds is 1. The van der Waals surface area contributed by atoms with Crippen molar-refractivity contribution in [1.82, 2.24) is 4.90 Å². The average molecular weight is 161 g/mol. The highest BCUT2D eigenvalue weighted by Gasteiger charge is 2.26. The first-order valence-electron chi connectivity index (χ1n) is 3.37. The molecule has 1 N–H and O–H groups in total. The molecule has 1 atom stereocenters. The quantitative estimate of drug-likeness (QED) is 0.632. The van der Waals surface area contributed by atoms with Crippen LogP contribution in [-0.4, -0.2) is 33.8 Å². The Labute approximate surface area is 64.4 Å². The Morgan fingerprint density at radius 3 is 3.00 bits per heavy atom. The van der Waals surface area contributed by atoms with Crippen molar-refractivity contribution in [2.24, 2.45) is 0 Å². The smallest absolute Gasteiger partial charge is 0.408 e. The topological polar surface area (TPSA) is 40.5 Å². The van der Waals surface area contributed by atoms with Gasteiger partial charge in [0.1, 0.15) is 0 Å². The molecule has 1 rings (SSSR count). The van der Waals surface area contributed by atoms with E-state index in [-0.39, 0.29) is 5.37 Å². The van der Waals surface area contributed by atoms with E-state index in [9.17, 15) is 4.79 Å². The molecule has 0 bridgehead atoms. The van der Waals surface area contributed by atoms with Gasteiger partial charge in [0, 0.05) is 12.3 Å². The van der Waals surface area contributed by atoms with Gasteiger partial charge in [0.2, 0.25) is 0 Å². The van der Waals surface area contributed by atoms with Crippen molar-refractivity contribution in [3.05, 3.63) is 0 Å². The van der Waals surface area contributed by atoms with Gasteiger partial charge in [-0.05, 0) is 6.42 Å². The van der Waals surface area contributed by atoms with Crippen molar-refractivity contribution in [3.8, 4) is 0 Å². The molecule has 0 spiro atoms. The molecule has 10 heavy (non-hydrogen) atoms. The Morgan fingerprint density at radius 1 is 1.90 bits per heavy atom. The number of hydrogen-bond acceptors (Lipinski definition) is 2. The third-order valence-corrected chi connectivity index (χ3v) is 2.98. The molecule has 0 saturated carbocycles. The molecule has 3 nitrogen and oxygen atoms in total. The first-order valence-corrected chi connectivity index (χ1v) is 4.41. The molecule has 1 heterocycles. The zero-order valence-corrected chi connectivity index (χ0v) is 6.73. The van der Waals surface area contributed by atoms with Crippen molar-refractivity contribution >= 4 is 17.9 Å². The minimum atomic E-state index is -0.781. The molecule has 58 valence electrons. The summed E-state index contributed by atoms with van der Waals surface area (Å²) in [7, 11) is 0. The number of carbonyl (C=O) groups is 1. The van der Waals surface area contributed by atoms with Crippen molar-refractivity contribution < 1.29 is 9.90 Å². The van der Waals surface area contributed by atoms with Crippen LogP contribution in [0.4, 0.5) is 4.79 Å². The lowest BCUT2D eigenvalue weighted by atomic mass is 10.4. The lowest BCUT2D eigenvalue weighted by Crippen LogP contribution is -2.32. The molecule has 0 aromatic carbocycles. The lowest BCUT2D eigenvalue weighted by molar-refractivity contribution is 0.146. The van der Waals surface area contributed by atoms with Crippen LogP contribution in [0, 0.1) is 0 Å². The van der Waals surface area contributed by atoms with Crippen LogP contribution >= 0.6 is 11.8 Å². The summed E-state index contributed by atoms with van der Waals surface area (Å²) in [6.45, 7) is 2.71. The van der Waals surface area contributed by atoms with Gasteiger partial charge in [-0.3, -0.25) is 4.90 Å². The van der Waals surface area contributed by atoms with E-state index in [0.717, 1.165) is 12.2 Å². The Hall–Kier alpha value is -0.380. The fraction of sp³-hybridized carbons (Fsp3) is 0.833. The van der Waals surface area contributed by atoms with E-state index < -0.39 is 6.09 Å². The average Bonchev–Trinajstić information content (AvgIpc) is 2.33. The van der Waals surface area contributed by atoms with Gasteiger partial charge >= 0.3 is 6.09 Å². The van der Waals surface area contributed by atoms with Crippen LogP contribution in [0.1, 0.15) is 13.3 Å². The van der Waals surface area contributed by atoms with Crippen LogP contribution < -0.4 is 0 Å². The first-order chi connectivity index (χ1) is 4.75. The summed E-state index contributed by atoms with van der Waals surface area (Å²) in [6.07, 6.45) is 0.133. The Bertz CT molecular complexity index is 140. The molecular formula is C6H11NO2S. The second-order valence-electron chi connectivity index (χ2n) is 2.21. The fourth-order valence-electron chi connectivity index (χ4n) is 1.08. The molecule has 0 aromatic heterocycles. The zero-order chi connectivity index (χ0) is 7.56. The van der Waals surface area contributed by atoms with E-state index in [2.05, 4.69) is 0 Å². The highest BCUT2D eigenvalue weighted by molar-refractivity contribution is 8.00. The standard InChI is InChI=1S/C6H11NO2S/c1-2-5-7(6(8)9)3-4-10-5/h5H,2-4H2,1H3,(H,8,9). The van der Waals surface area contributed by atoms with Crippen molar-refractivity contribution in [1.29, 1.82) is 0 Å². The van der Waals surface area contributed by atoms with Crippen molar-refractivity contribution in [3.63, 3.8) is 0 Å². The van der Waals surface area contributed by atoms with Crippen LogP contribution in [0.25, 0.3) is 0 Å². The van der Waals surface area contributed by atoms with Crippen LogP contribution in [0.5, 0.6) is 0 Å². The number of hydrogen-bond donors (Lipinski definition) is 1. The molecule has 0 radical (unpaired) electrons. The van der Waals surface area contributed by atoms with Gasteiger partial charge in [0.25, 0.3) is 0 Å². The zero-order valence-electron chi connectivity index (χ0n) is 5.91. The van der Waals surface area contributed by atoms with E-state index in [1.165, 1.54) is 4.90 Å². The Balaban J connectivity index is 2.50. The van der Waals surface area contributed by atoms with Crippen LogP contribution in [0.15, 0.2) is 0 Å². The lowest BCUT2D eigenvalue weighted by Gasteiger charge is -2.18. The molecule has 1 amide bonds. The molecule has 1 unspecified atom stereocenters. The SMILES string of the molecule is CCC1SCCN1C(=O)O. The van der Waals surface area contributed by atoms with Gasteiger partial charge in [-0.25, -0.2) is 4.79 Å². The third-order valence-electron chi connectivity index (χ3n) is 1.58. The molecule has 1 aliphatic heterocycles. The van der Waals surface area contributed by atoms with Gasteiger partial charge in [-0.15, -0.1) is 11.8 Å². The predicted octanol–water partition coefficient (Wildman–Crippen LogP) is 1.45. The van der Waals surface area contributed by atoms with Gasteiger partial charge in [-0.1, -0.05) is 6.92 Å². The molecule has 1 aliphatic rings. The molecule has 1 saturated heterocycles. The summed E-state index contributed by atoms with van der Waals surface area (Å²) in [5, 5.41) is 8.83. The first kappa shape index (κ1) is 7.72. The van der Waals surface area contributed by atoms with Crippen LogP contribution in [0.2, 0.25) is 0 Å². The molecule has 0 aliphatic carbocycles. The Morgan fingerprint density at radius 2 is 2.60 bits per heavy atom. The summed E-state index contributed by atoms with van der Waals surface area (Å²) in [5.74, 6) is 0.949. The molecule has 1 fully saturated rings. The highest BCUT2D eigenvalue weighted by Crippen LogP contribution is 2.25. The minimum absolute atomic E-state index is 0.206. The third kappa shape index (κ3) is 1.37. The van der Waals surface area contributed by atoms with E-state index in [4.69, 9.17) is 5.11 Å². The highest BCUT2D eigenvalue weighted by atomic mass is 32.2. The maximum atomic E-state index is 10.5. The molecular weight excluding hydrogens is 150 g/mol. The maximum absolute atomic E-state index is 10.5. The van der Waals surface area contributed by atoms with E-state index in [0.29, 0.717) is 6.54 Å². The second kappa shape index (κ2) is 3.14. The summed E-state index contributed by atoms with van der Waals surface area (Å²) >= 11 is 1.72. The van der Waals surface area contributed by atoms with Crippen LogP contribution in [-0.2, 0) is 0 Å². The van der Waals surface area contributed by atoms with Gasteiger partial charge < -0.3 is 5.11 Å². The number of nitrogens with zero attached hydrogens (tertiary/aromatic N) is 1. The summed E-state index contributed by atoms with van der Waals surface area (Å²) in [4.78, 5) is 12.0. The number of thioether (sulfide) groups is 1. The fourth-order valence-corrected chi connectivity index (χ4v) is 2.26. The van der Waals surface area contributed by atoms with Crippen LogP contribution in [0.3, 0.4) is 0 Å². The van der Waals surface area contributed by atoms with E-state index in [1.54, 1.807) is 11.8 Å². The van der Waals surface area contributed by atoms with E-state index >= 15 is 0 Å². The van der Waals surface area contributed by atoms with Crippen molar-refractivity contribution in [2.45, 2.75) is 18.7 Å². The predicted molar refractivity (Wildman–Crippen MR) is 41.3 cm³/mol. The second-order valence-corrected chi connectivity index (χ2v) is 3.50. The van der Waals surface area contributed by atoms with E-state index in [1.807, 2.05) is 6.92 Å². The normalized spacial score (nSPS) is 25.3. The van der Waals surface area contributed by atoms with Gasteiger partial charge in [0.05, 0.1) is 5.37 Å². The number of carboxylic acid groups (broad SMARTS) is 1. The summed E-state index contributed by atoms with van der Waals surface area (Å²) < 4.78 is 0. The summed E-state index contributed by atoms with van der Waals surface area (Å²) in [6, 6.07) is 0. The summed E-state index contributed by atoms with van der Waals surface area (Å²) in [5.41, 5.74) is 0. The molecule has 0 aromatic rings. The van der Waals surface area contributed by atoms with Gasteiger partial charge in [0.15, 0.2) is 0 Å². The van der Waals surface area contributed by atoms with Crippen molar-refractivity contribution in [2.75, 3.05) is 12.3 Å². The monoisotopic (exact) mass is 161 g/mol. The molecule has 4 heteroatoms. The van der Waals surface area contributed by atoms with Gasteiger partial charge in [-0.2, -0.15) is 0 Å². The minimum Gasteiger partial charge on any atom is -0.465 e. The number of amides is 1. The largest absolute Gasteiger partial charge is 0.465 e. The Kier molecular flexibility index (Phi) is 2.43.